The average molecular weight is 421 g/mol. The number of hydrogen-bond acceptors (Lipinski definition) is 7. The zero-order valence-electron chi connectivity index (χ0n) is 18.2. The van der Waals surface area contributed by atoms with Gasteiger partial charge < -0.3 is 20.1 Å². The SMILES string of the molecule is Cc1cc(Nc2ccc(NC(=O)Cc3c(C)noc3C)cc2)nc(N2CCCCC2)n1. The summed E-state index contributed by atoms with van der Waals surface area (Å²) in [6.45, 7) is 7.65. The summed E-state index contributed by atoms with van der Waals surface area (Å²) in [5.41, 5.74) is 4.14. The molecule has 2 aromatic heterocycles. The third-order valence-corrected chi connectivity index (χ3v) is 5.44. The molecule has 1 aliphatic rings. The van der Waals surface area contributed by atoms with E-state index in [4.69, 9.17) is 9.51 Å². The predicted molar refractivity (Wildman–Crippen MR) is 121 cm³/mol. The first-order chi connectivity index (χ1) is 15.0. The topological polar surface area (TPSA) is 96.2 Å². The number of aromatic nitrogens is 3. The van der Waals surface area contributed by atoms with Crippen LogP contribution in [0.5, 0.6) is 0 Å². The molecule has 1 aliphatic heterocycles. The van der Waals surface area contributed by atoms with Gasteiger partial charge in [-0.25, -0.2) is 4.98 Å². The van der Waals surface area contributed by atoms with Crippen LogP contribution < -0.4 is 15.5 Å². The van der Waals surface area contributed by atoms with Gasteiger partial charge >= 0.3 is 0 Å². The van der Waals surface area contributed by atoms with Gasteiger partial charge in [-0.2, -0.15) is 4.98 Å². The van der Waals surface area contributed by atoms with Crippen LogP contribution in [0, 0.1) is 20.8 Å². The fourth-order valence-corrected chi connectivity index (χ4v) is 3.76. The number of rotatable bonds is 6. The highest BCUT2D eigenvalue weighted by Gasteiger charge is 2.15. The second kappa shape index (κ2) is 9.16. The Kier molecular flexibility index (Phi) is 6.16. The Balaban J connectivity index is 1.39. The summed E-state index contributed by atoms with van der Waals surface area (Å²) in [5.74, 6) is 2.12. The van der Waals surface area contributed by atoms with E-state index in [0.29, 0.717) is 5.76 Å². The third-order valence-electron chi connectivity index (χ3n) is 5.44. The largest absolute Gasteiger partial charge is 0.361 e. The fourth-order valence-electron chi connectivity index (χ4n) is 3.76. The lowest BCUT2D eigenvalue weighted by Crippen LogP contribution is -2.31. The Hall–Kier alpha value is -3.42. The Morgan fingerprint density at radius 3 is 2.42 bits per heavy atom. The van der Waals surface area contributed by atoms with Crippen molar-refractivity contribution in [3.8, 4) is 0 Å². The maximum Gasteiger partial charge on any atom is 0.228 e. The number of nitrogens with one attached hydrogen (secondary N) is 2. The van der Waals surface area contributed by atoms with E-state index in [0.717, 1.165) is 53.2 Å². The zero-order chi connectivity index (χ0) is 21.8. The molecule has 0 spiro atoms. The molecule has 1 fully saturated rings. The van der Waals surface area contributed by atoms with E-state index < -0.39 is 0 Å². The van der Waals surface area contributed by atoms with Crippen molar-refractivity contribution < 1.29 is 9.32 Å². The molecule has 8 heteroatoms. The minimum atomic E-state index is -0.104. The number of amides is 1. The maximum atomic E-state index is 12.4. The monoisotopic (exact) mass is 420 g/mol. The second-order valence-corrected chi connectivity index (χ2v) is 7.97. The van der Waals surface area contributed by atoms with Crippen molar-refractivity contribution in [1.82, 2.24) is 15.1 Å². The molecule has 1 saturated heterocycles. The van der Waals surface area contributed by atoms with Crippen molar-refractivity contribution in [3.63, 3.8) is 0 Å². The molecule has 0 aliphatic carbocycles. The fraction of sp³-hybridized carbons (Fsp3) is 0.391. The van der Waals surface area contributed by atoms with E-state index in [2.05, 4.69) is 25.7 Å². The van der Waals surface area contributed by atoms with Crippen LogP contribution in [0.25, 0.3) is 0 Å². The summed E-state index contributed by atoms with van der Waals surface area (Å²) in [5, 5.41) is 10.2. The van der Waals surface area contributed by atoms with E-state index in [-0.39, 0.29) is 12.3 Å². The molecule has 8 nitrogen and oxygen atoms in total. The smallest absolute Gasteiger partial charge is 0.228 e. The van der Waals surface area contributed by atoms with E-state index in [9.17, 15) is 4.79 Å². The molecule has 2 N–H and O–H groups in total. The predicted octanol–water partition coefficient (Wildman–Crippen LogP) is 4.30. The second-order valence-electron chi connectivity index (χ2n) is 7.97. The summed E-state index contributed by atoms with van der Waals surface area (Å²) in [6, 6.07) is 9.51. The number of hydrogen-bond donors (Lipinski definition) is 2. The zero-order valence-corrected chi connectivity index (χ0v) is 18.2. The van der Waals surface area contributed by atoms with Crippen molar-refractivity contribution in [2.24, 2.45) is 0 Å². The van der Waals surface area contributed by atoms with Gasteiger partial charge in [0.05, 0.1) is 12.1 Å². The normalized spacial score (nSPS) is 13.8. The number of piperidine rings is 1. The molecule has 31 heavy (non-hydrogen) atoms. The molecule has 3 aromatic rings. The van der Waals surface area contributed by atoms with E-state index in [1.54, 1.807) is 0 Å². The molecule has 1 aromatic carbocycles. The van der Waals surface area contributed by atoms with Crippen LogP contribution in [0.3, 0.4) is 0 Å². The van der Waals surface area contributed by atoms with Crippen molar-refractivity contribution in [2.45, 2.75) is 46.5 Å². The lowest BCUT2D eigenvalue weighted by atomic mass is 10.1. The van der Waals surface area contributed by atoms with E-state index in [1.165, 1.54) is 19.3 Å². The van der Waals surface area contributed by atoms with Crippen LogP contribution in [0.4, 0.5) is 23.1 Å². The number of carbonyl (C=O) groups excluding carboxylic acids is 1. The van der Waals surface area contributed by atoms with Crippen LogP contribution in [-0.4, -0.2) is 34.1 Å². The highest BCUT2D eigenvalue weighted by Crippen LogP contribution is 2.22. The van der Waals surface area contributed by atoms with Crippen LogP contribution in [0.1, 0.15) is 42.0 Å². The summed E-state index contributed by atoms with van der Waals surface area (Å²) in [6.07, 6.45) is 3.88. The molecule has 162 valence electrons. The van der Waals surface area contributed by atoms with E-state index >= 15 is 0 Å². The highest BCUT2D eigenvalue weighted by molar-refractivity contribution is 5.92. The number of carbonyl (C=O) groups is 1. The van der Waals surface area contributed by atoms with Gasteiger partial charge in [0.2, 0.25) is 11.9 Å². The Morgan fingerprint density at radius 1 is 1.03 bits per heavy atom. The molecule has 0 bridgehead atoms. The molecular formula is C23H28N6O2. The van der Waals surface area contributed by atoms with Crippen molar-refractivity contribution >= 4 is 29.0 Å². The minimum Gasteiger partial charge on any atom is -0.361 e. The van der Waals surface area contributed by atoms with Gasteiger partial charge in [-0.3, -0.25) is 4.79 Å². The first-order valence-electron chi connectivity index (χ1n) is 10.7. The van der Waals surface area contributed by atoms with Crippen molar-refractivity contribution in [3.05, 3.63) is 53.0 Å². The number of benzene rings is 1. The quantitative estimate of drug-likeness (QED) is 0.613. The van der Waals surface area contributed by atoms with Crippen LogP contribution in [-0.2, 0) is 11.2 Å². The molecule has 0 saturated carbocycles. The maximum absolute atomic E-state index is 12.4. The average Bonchev–Trinajstić information content (AvgIpc) is 3.07. The first kappa shape index (κ1) is 20.8. The molecule has 4 rings (SSSR count). The van der Waals surface area contributed by atoms with Crippen LogP contribution in [0.2, 0.25) is 0 Å². The van der Waals surface area contributed by atoms with Gasteiger partial charge in [-0.15, -0.1) is 0 Å². The Bertz CT molecular complexity index is 1030. The lowest BCUT2D eigenvalue weighted by molar-refractivity contribution is -0.115. The van der Waals surface area contributed by atoms with Gasteiger partial charge in [-0.1, -0.05) is 5.16 Å². The van der Waals surface area contributed by atoms with Crippen molar-refractivity contribution in [2.75, 3.05) is 28.6 Å². The molecule has 0 atom stereocenters. The van der Waals surface area contributed by atoms with Gasteiger partial charge in [-0.05, 0) is 64.3 Å². The van der Waals surface area contributed by atoms with Gasteiger partial charge in [0.25, 0.3) is 0 Å². The highest BCUT2D eigenvalue weighted by atomic mass is 16.5. The van der Waals surface area contributed by atoms with E-state index in [1.807, 2.05) is 51.1 Å². The summed E-state index contributed by atoms with van der Waals surface area (Å²) < 4.78 is 5.12. The summed E-state index contributed by atoms with van der Waals surface area (Å²) >= 11 is 0. The molecule has 3 heterocycles. The van der Waals surface area contributed by atoms with Gasteiger partial charge in [0, 0.05) is 41.8 Å². The Labute approximate surface area is 182 Å². The number of aryl methyl sites for hydroxylation is 3. The first-order valence-corrected chi connectivity index (χ1v) is 10.7. The van der Waals surface area contributed by atoms with Crippen LogP contribution in [0.15, 0.2) is 34.9 Å². The standard InChI is InChI=1S/C23H28N6O2/c1-15-13-21(27-23(24-15)29-11-5-4-6-12-29)25-18-7-9-19(10-8-18)26-22(30)14-20-16(2)28-31-17(20)3/h7-10,13H,4-6,11-12,14H2,1-3H3,(H,26,30)(H,24,25,27). The molecule has 0 radical (unpaired) electrons. The number of nitrogens with zero attached hydrogens (tertiary/aromatic N) is 4. The van der Waals surface area contributed by atoms with Gasteiger partial charge in [0.15, 0.2) is 0 Å². The summed E-state index contributed by atoms with van der Waals surface area (Å²) in [7, 11) is 0. The molecule has 0 unspecified atom stereocenters. The van der Waals surface area contributed by atoms with Crippen molar-refractivity contribution in [1.29, 1.82) is 0 Å². The minimum absolute atomic E-state index is 0.104. The summed E-state index contributed by atoms with van der Waals surface area (Å²) in [4.78, 5) is 23.9. The molecule has 1 amide bonds. The van der Waals surface area contributed by atoms with Gasteiger partial charge in [0.1, 0.15) is 11.6 Å². The number of anilines is 4. The van der Waals surface area contributed by atoms with Crippen LogP contribution >= 0.6 is 0 Å². The lowest BCUT2D eigenvalue weighted by Gasteiger charge is -2.27. The Morgan fingerprint density at radius 2 is 1.74 bits per heavy atom. The third kappa shape index (κ3) is 5.20. The molecular weight excluding hydrogens is 392 g/mol.